The van der Waals surface area contributed by atoms with Gasteiger partial charge in [-0.15, -0.1) is 0 Å². The molecule has 1 N–H and O–H groups in total. The Balaban J connectivity index is 0.000000122. The molecule has 2 aliphatic heterocycles. The summed E-state index contributed by atoms with van der Waals surface area (Å²) in [6.07, 6.45) is 7.30. The molecule has 2 saturated heterocycles. The summed E-state index contributed by atoms with van der Waals surface area (Å²) in [5, 5.41) is 8.30. The predicted molar refractivity (Wildman–Crippen MR) is 67.1 cm³/mol. The van der Waals surface area contributed by atoms with Gasteiger partial charge in [0.25, 0.3) is 0 Å². The van der Waals surface area contributed by atoms with E-state index in [2.05, 4.69) is 11.7 Å². The molecule has 0 radical (unpaired) electrons. The van der Waals surface area contributed by atoms with E-state index >= 15 is 0 Å². The van der Waals surface area contributed by atoms with Crippen LogP contribution in [0.3, 0.4) is 0 Å². The Bertz CT molecular complexity index is 345. The van der Waals surface area contributed by atoms with Gasteiger partial charge in [-0.3, -0.25) is 0 Å². The highest BCUT2D eigenvalue weighted by molar-refractivity contribution is 5.57. The molecule has 0 aromatic carbocycles. The average Bonchev–Trinajstić information content (AvgIpc) is 3.21. The van der Waals surface area contributed by atoms with Gasteiger partial charge < -0.3 is 19.3 Å². The summed E-state index contributed by atoms with van der Waals surface area (Å²) >= 11 is 0. The van der Waals surface area contributed by atoms with Crippen LogP contribution in [0.2, 0.25) is 0 Å². The molecule has 4 fully saturated rings. The molecule has 0 aromatic heterocycles. The molecule has 0 spiro atoms. The zero-order valence-electron chi connectivity index (χ0n) is 11.3. The molecule has 2 saturated carbocycles. The summed E-state index contributed by atoms with van der Waals surface area (Å²) in [6, 6.07) is 0. The Kier molecular flexibility index (Phi) is 3.67. The molecule has 4 aliphatic rings. The third-order valence-electron chi connectivity index (χ3n) is 4.49. The van der Waals surface area contributed by atoms with Gasteiger partial charge in [0.1, 0.15) is 6.10 Å². The molecule has 0 aromatic rings. The van der Waals surface area contributed by atoms with Crippen molar-refractivity contribution >= 4 is 6.16 Å². The first-order valence-corrected chi connectivity index (χ1v) is 7.32. The van der Waals surface area contributed by atoms with Crippen LogP contribution in [0.25, 0.3) is 0 Å². The maximum absolute atomic E-state index is 10.1. The lowest BCUT2D eigenvalue weighted by Gasteiger charge is -2.16. The Hall–Kier alpha value is -0.810. The van der Waals surface area contributed by atoms with Crippen LogP contribution < -0.4 is 0 Å². The number of epoxide rings is 2. The SMILES string of the molecule is CC1CCC2OC2C1.O=C(O)OC1CCC2OC2C1. The van der Waals surface area contributed by atoms with Gasteiger partial charge in [0.2, 0.25) is 0 Å². The normalized spacial score (nSPS) is 45.9. The lowest BCUT2D eigenvalue weighted by molar-refractivity contribution is 0.0390. The average molecular weight is 270 g/mol. The van der Waals surface area contributed by atoms with Crippen molar-refractivity contribution in [2.45, 2.75) is 76.0 Å². The molecule has 4 rings (SSSR count). The molecular formula is C14H22O5. The van der Waals surface area contributed by atoms with E-state index in [-0.39, 0.29) is 12.2 Å². The Labute approximate surface area is 113 Å². The number of rotatable bonds is 1. The minimum atomic E-state index is -1.17. The quantitative estimate of drug-likeness (QED) is 0.585. The van der Waals surface area contributed by atoms with Crippen LogP contribution in [-0.4, -0.2) is 41.8 Å². The topological polar surface area (TPSA) is 71.6 Å². The lowest BCUT2D eigenvalue weighted by atomic mass is 9.91. The van der Waals surface area contributed by atoms with Gasteiger partial charge in [0, 0.05) is 6.42 Å². The highest BCUT2D eigenvalue weighted by Gasteiger charge is 2.45. The smallest absolute Gasteiger partial charge is 0.450 e. The van der Waals surface area contributed by atoms with Crippen LogP contribution in [0.15, 0.2) is 0 Å². The Morgan fingerprint density at radius 1 is 1.00 bits per heavy atom. The number of fused-ring (bicyclic) bond motifs is 2. The molecule has 2 aliphatic carbocycles. The van der Waals surface area contributed by atoms with E-state index in [1.165, 1.54) is 19.3 Å². The second-order valence-corrected chi connectivity index (χ2v) is 6.16. The van der Waals surface area contributed by atoms with Gasteiger partial charge in [-0.25, -0.2) is 4.79 Å². The van der Waals surface area contributed by atoms with Crippen molar-refractivity contribution in [1.29, 1.82) is 0 Å². The Morgan fingerprint density at radius 2 is 1.63 bits per heavy atom. The van der Waals surface area contributed by atoms with Gasteiger partial charge in [-0.1, -0.05) is 6.92 Å². The molecule has 0 bridgehead atoms. The number of hydrogen-bond acceptors (Lipinski definition) is 4. The standard InChI is InChI=1S/C7H10O4.C7H12O/c8-7(9)10-4-1-2-5-6(3-4)11-5;1-5-2-3-6-7(4-5)8-6/h4-6H,1-3H2,(H,8,9);5-7H,2-4H2,1H3. The van der Waals surface area contributed by atoms with Crippen molar-refractivity contribution in [3.05, 3.63) is 0 Å². The second kappa shape index (κ2) is 5.29. The molecule has 6 unspecified atom stereocenters. The zero-order valence-corrected chi connectivity index (χ0v) is 11.3. The van der Waals surface area contributed by atoms with Crippen LogP contribution in [-0.2, 0) is 14.2 Å². The van der Waals surface area contributed by atoms with E-state index in [0.29, 0.717) is 18.3 Å². The molecule has 5 heteroatoms. The maximum Gasteiger partial charge on any atom is 0.506 e. The number of carboxylic acid groups (broad SMARTS) is 1. The van der Waals surface area contributed by atoms with Crippen LogP contribution in [0.4, 0.5) is 4.79 Å². The first kappa shape index (κ1) is 13.2. The molecular weight excluding hydrogens is 248 g/mol. The van der Waals surface area contributed by atoms with Gasteiger partial charge in [-0.05, 0) is 38.0 Å². The van der Waals surface area contributed by atoms with Crippen LogP contribution in [0, 0.1) is 5.92 Å². The minimum absolute atomic E-state index is 0.128. The van der Waals surface area contributed by atoms with Crippen molar-refractivity contribution in [2.24, 2.45) is 5.92 Å². The largest absolute Gasteiger partial charge is 0.506 e. The number of ether oxygens (including phenoxy) is 3. The summed E-state index contributed by atoms with van der Waals surface area (Å²) in [6.45, 7) is 2.32. The second-order valence-electron chi connectivity index (χ2n) is 6.16. The van der Waals surface area contributed by atoms with E-state index in [0.717, 1.165) is 25.2 Å². The number of carbonyl (C=O) groups is 1. The van der Waals surface area contributed by atoms with Crippen LogP contribution in [0.5, 0.6) is 0 Å². The van der Waals surface area contributed by atoms with E-state index in [9.17, 15) is 4.79 Å². The third-order valence-corrected chi connectivity index (χ3v) is 4.49. The molecule has 0 amide bonds. The van der Waals surface area contributed by atoms with E-state index in [4.69, 9.17) is 14.6 Å². The van der Waals surface area contributed by atoms with Gasteiger partial charge in [0.15, 0.2) is 0 Å². The fourth-order valence-corrected chi connectivity index (χ4v) is 3.22. The molecule has 19 heavy (non-hydrogen) atoms. The van der Waals surface area contributed by atoms with Crippen LogP contribution >= 0.6 is 0 Å². The predicted octanol–water partition coefficient (Wildman–Crippen LogP) is 2.57. The van der Waals surface area contributed by atoms with Crippen molar-refractivity contribution in [3.8, 4) is 0 Å². The summed E-state index contributed by atoms with van der Waals surface area (Å²) in [7, 11) is 0. The highest BCUT2D eigenvalue weighted by atomic mass is 16.7. The zero-order chi connectivity index (χ0) is 13.4. The summed E-state index contributed by atoms with van der Waals surface area (Å²) in [5.41, 5.74) is 0. The number of hydrogen-bond donors (Lipinski definition) is 1. The first-order chi connectivity index (χ1) is 9.11. The fourth-order valence-electron chi connectivity index (χ4n) is 3.22. The third kappa shape index (κ3) is 3.60. The van der Waals surface area contributed by atoms with E-state index < -0.39 is 6.16 Å². The van der Waals surface area contributed by atoms with E-state index in [1.54, 1.807) is 0 Å². The summed E-state index contributed by atoms with van der Waals surface area (Å²) in [5.74, 6) is 0.929. The van der Waals surface area contributed by atoms with Gasteiger partial charge in [0.05, 0.1) is 24.4 Å². The van der Waals surface area contributed by atoms with Crippen molar-refractivity contribution < 1.29 is 24.1 Å². The van der Waals surface area contributed by atoms with E-state index in [1.807, 2.05) is 0 Å². The fraction of sp³-hybridized carbons (Fsp3) is 0.929. The summed E-state index contributed by atoms with van der Waals surface area (Å²) < 4.78 is 15.2. The first-order valence-electron chi connectivity index (χ1n) is 7.32. The Morgan fingerprint density at radius 3 is 2.16 bits per heavy atom. The molecule has 108 valence electrons. The maximum atomic E-state index is 10.1. The van der Waals surface area contributed by atoms with Gasteiger partial charge in [-0.2, -0.15) is 0 Å². The van der Waals surface area contributed by atoms with Crippen molar-refractivity contribution in [3.63, 3.8) is 0 Å². The minimum Gasteiger partial charge on any atom is -0.450 e. The molecule has 5 nitrogen and oxygen atoms in total. The molecule has 6 atom stereocenters. The monoisotopic (exact) mass is 270 g/mol. The summed E-state index contributed by atoms with van der Waals surface area (Å²) in [4.78, 5) is 10.1. The van der Waals surface area contributed by atoms with Crippen LogP contribution in [0.1, 0.15) is 45.4 Å². The lowest BCUT2D eigenvalue weighted by Crippen LogP contribution is -2.23. The van der Waals surface area contributed by atoms with Gasteiger partial charge >= 0.3 is 6.16 Å². The molecule has 2 heterocycles. The van der Waals surface area contributed by atoms with Crippen molar-refractivity contribution in [1.82, 2.24) is 0 Å². The van der Waals surface area contributed by atoms with Crippen molar-refractivity contribution in [2.75, 3.05) is 0 Å². The highest BCUT2D eigenvalue weighted by Crippen LogP contribution is 2.39.